The Hall–Kier alpha value is -3.24. The van der Waals surface area contributed by atoms with E-state index >= 15 is 0 Å². The molecule has 0 saturated heterocycles. The number of halogens is 4. The van der Waals surface area contributed by atoms with Gasteiger partial charge in [0.15, 0.2) is 0 Å². The molecular formula is C29H23ClF3N3OS2. The molecule has 1 aliphatic rings. The smallest absolute Gasteiger partial charge is 0.313 e. The quantitative estimate of drug-likeness (QED) is 0.226. The molecule has 0 radical (unpaired) electrons. The van der Waals surface area contributed by atoms with E-state index in [0.717, 1.165) is 59.0 Å². The van der Waals surface area contributed by atoms with Crippen LogP contribution in [0.4, 0.5) is 18.2 Å². The summed E-state index contributed by atoms with van der Waals surface area (Å²) in [6.45, 7) is 2.47. The zero-order valence-corrected chi connectivity index (χ0v) is 22.9. The lowest BCUT2D eigenvalue weighted by Gasteiger charge is -2.27. The highest BCUT2D eigenvalue weighted by Gasteiger charge is 2.31. The van der Waals surface area contributed by atoms with Crippen LogP contribution in [-0.4, -0.2) is 22.3 Å². The Kier molecular flexibility index (Phi) is 7.77. The molecule has 0 unspecified atom stereocenters. The largest absolute Gasteiger partial charge is 0.416 e. The lowest BCUT2D eigenvalue weighted by Crippen LogP contribution is -2.29. The van der Waals surface area contributed by atoms with Gasteiger partial charge in [0, 0.05) is 35.6 Å². The second-order valence-electron chi connectivity index (χ2n) is 9.17. The molecule has 5 aromatic rings. The maximum absolute atomic E-state index is 13.1. The number of alkyl halides is 3. The first-order valence-electron chi connectivity index (χ1n) is 12.1. The minimum absolute atomic E-state index is 0. The molecule has 0 fully saturated rings. The van der Waals surface area contributed by atoms with Crippen LogP contribution in [0.1, 0.15) is 31.9 Å². The van der Waals surface area contributed by atoms with Crippen LogP contribution in [0.5, 0.6) is 0 Å². The molecule has 0 saturated carbocycles. The molecule has 0 atom stereocenters. The summed E-state index contributed by atoms with van der Waals surface area (Å²) < 4.78 is 40.0. The third-order valence-electron chi connectivity index (χ3n) is 6.59. The van der Waals surface area contributed by atoms with E-state index in [-0.39, 0.29) is 18.0 Å². The zero-order valence-electron chi connectivity index (χ0n) is 20.5. The van der Waals surface area contributed by atoms with Crippen molar-refractivity contribution >= 4 is 56.2 Å². The van der Waals surface area contributed by atoms with E-state index < -0.39 is 17.6 Å². The molecule has 1 N–H and O–H groups in total. The Bertz CT molecular complexity index is 1580. The molecule has 1 amide bonds. The average Bonchev–Trinajstić information content (AvgIpc) is 3.49. The molecule has 6 rings (SSSR count). The number of fused-ring (bicyclic) bond motifs is 2. The average molecular weight is 586 g/mol. The van der Waals surface area contributed by atoms with Gasteiger partial charge in [0.1, 0.15) is 10.0 Å². The highest BCUT2D eigenvalue weighted by molar-refractivity contribution is 7.23. The van der Waals surface area contributed by atoms with Crippen molar-refractivity contribution in [3.63, 3.8) is 0 Å². The second-order valence-corrected chi connectivity index (χ2v) is 11.3. The van der Waals surface area contributed by atoms with Crippen LogP contribution in [0.2, 0.25) is 0 Å². The van der Waals surface area contributed by atoms with Crippen molar-refractivity contribution < 1.29 is 18.0 Å². The van der Waals surface area contributed by atoms with Crippen molar-refractivity contribution in [1.82, 2.24) is 9.88 Å². The molecule has 200 valence electrons. The maximum atomic E-state index is 13.1. The van der Waals surface area contributed by atoms with Gasteiger partial charge in [-0.15, -0.1) is 35.1 Å². The molecule has 0 bridgehead atoms. The number of nitrogens with one attached hydrogen (secondary N) is 1. The minimum atomic E-state index is -4.45. The number of carbonyl (C=O) groups excluding carboxylic acids is 1. The van der Waals surface area contributed by atoms with Crippen LogP contribution < -0.4 is 5.32 Å². The molecule has 1 aliphatic heterocycles. The van der Waals surface area contributed by atoms with Gasteiger partial charge in [0.2, 0.25) is 0 Å². The van der Waals surface area contributed by atoms with Gasteiger partial charge in [-0.1, -0.05) is 42.5 Å². The van der Waals surface area contributed by atoms with Gasteiger partial charge in [-0.3, -0.25) is 9.69 Å². The lowest BCUT2D eigenvalue weighted by atomic mass is 10.0. The normalized spacial score (nSPS) is 13.6. The standard InChI is InChI=1S/C29H22F3N3OS2.ClH/c30-29(31,32)20-12-10-19(11-13-20)26(36)34-28-25(27-33-22-8-4-5-9-23(22)37-27)21-14-15-35(17-24(21)38-28)16-18-6-2-1-3-7-18;/h1-13H,14-17H2,(H,34,36);1H. The van der Waals surface area contributed by atoms with E-state index in [9.17, 15) is 18.0 Å². The summed E-state index contributed by atoms with van der Waals surface area (Å²) in [7, 11) is 0. The molecule has 4 nitrogen and oxygen atoms in total. The Morgan fingerprint density at radius 2 is 1.67 bits per heavy atom. The molecule has 2 aromatic heterocycles. The van der Waals surface area contributed by atoms with Crippen molar-refractivity contribution in [2.24, 2.45) is 0 Å². The lowest BCUT2D eigenvalue weighted by molar-refractivity contribution is -0.137. The summed E-state index contributed by atoms with van der Waals surface area (Å²) in [6.07, 6.45) is -3.63. The van der Waals surface area contributed by atoms with Crippen LogP contribution >= 0.6 is 35.1 Å². The summed E-state index contributed by atoms with van der Waals surface area (Å²) >= 11 is 3.10. The predicted octanol–water partition coefficient (Wildman–Crippen LogP) is 8.28. The van der Waals surface area contributed by atoms with Crippen LogP contribution in [0.15, 0.2) is 78.9 Å². The van der Waals surface area contributed by atoms with Crippen LogP contribution in [0.3, 0.4) is 0 Å². The molecular weight excluding hydrogens is 563 g/mol. The summed E-state index contributed by atoms with van der Waals surface area (Å²) in [5.74, 6) is -0.444. The Morgan fingerprint density at radius 3 is 2.38 bits per heavy atom. The summed E-state index contributed by atoms with van der Waals surface area (Å²) in [6, 6.07) is 22.5. The van der Waals surface area contributed by atoms with Crippen LogP contribution in [0.25, 0.3) is 20.8 Å². The number of thiazole rings is 1. The van der Waals surface area contributed by atoms with E-state index in [1.807, 2.05) is 42.5 Å². The fraction of sp³-hybridized carbons (Fsp3) is 0.172. The number of aromatic nitrogens is 1. The van der Waals surface area contributed by atoms with E-state index in [4.69, 9.17) is 4.98 Å². The summed E-state index contributed by atoms with van der Waals surface area (Å²) in [5.41, 5.74) is 3.63. The maximum Gasteiger partial charge on any atom is 0.416 e. The topological polar surface area (TPSA) is 45.2 Å². The van der Waals surface area contributed by atoms with Crippen LogP contribution in [0, 0.1) is 0 Å². The fourth-order valence-corrected chi connectivity index (χ4v) is 7.11. The molecule has 0 aliphatic carbocycles. The number of thiophene rings is 1. The molecule has 10 heteroatoms. The third kappa shape index (κ3) is 5.72. The number of anilines is 1. The second kappa shape index (κ2) is 11.1. The number of para-hydroxylation sites is 1. The van der Waals surface area contributed by atoms with Crippen molar-refractivity contribution in [2.45, 2.75) is 25.7 Å². The Labute approximate surface area is 237 Å². The SMILES string of the molecule is Cl.O=C(Nc1sc2c(c1-c1nc3ccccc3s1)CCN(Cc1ccccc1)C2)c1ccc(C(F)(F)F)cc1. The van der Waals surface area contributed by atoms with E-state index in [2.05, 4.69) is 22.3 Å². The monoisotopic (exact) mass is 585 g/mol. The van der Waals surface area contributed by atoms with E-state index in [1.54, 1.807) is 11.3 Å². The number of rotatable bonds is 5. The number of hydrogen-bond donors (Lipinski definition) is 1. The zero-order chi connectivity index (χ0) is 26.3. The van der Waals surface area contributed by atoms with Gasteiger partial charge in [0.25, 0.3) is 5.91 Å². The number of benzene rings is 3. The first-order valence-corrected chi connectivity index (χ1v) is 13.7. The first-order chi connectivity index (χ1) is 18.3. The summed E-state index contributed by atoms with van der Waals surface area (Å²) in [5, 5.41) is 4.51. The molecule has 3 aromatic carbocycles. The predicted molar refractivity (Wildman–Crippen MR) is 154 cm³/mol. The van der Waals surface area contributed by atoms with Crippen LogP contribution in [-0.2, 0) is 25.7 Å². The number of nitrogens with zero attached hydrogens (tertiary/aromatic N) is 2. The Balaban J connectivity index is 0.00000308. The first kappa shape index (κ1) is 27.3. The molecule has 39 heavy (non-hydrogen) atoms. The van der Waals surface area contributed by atoms with Gasteiger partial charge in [-0.25, -0.2) is 4.98 Å². The molecule has 3 heterocycles. The molecule has 0 spiro atoms. The van der Waals surface area contributed by atoms with Gasteiger partial charge in [0.05, 0.1) is 15.8 Å². The number of carbonyl (C=O) groups is 1. The van der Waals surface area contributed by atoms with Crippen molar-refractivity contribution in [3.8, 4) is 10.6 Å². The highest BCUT2D eigenvalue weighted by Crippen LogP contribution is 2.46. The van der Waals surface area contributed by atoms with Crippen molar-refractivity contribution in [2.75, 3.05) is 11.9 Å². The minimum Gasteiger partial charge on any atom is -0.313 e. The van der Waals surface area contributed by atoms with Gasteiger partial charge in [-0.2, -0.15) is 13.2 Å². The number of hydrogen-bond acceptors (Lipinski definition) is 5. The van der Waals surface area contributed by atoms with E-state index in [1.165, 1.54) is 39.5 Å². The fourth-order valence-electron chi connectivity index (χ4n) is 4.71. The Morgan fingerprint density at radius 1 is 0.949 bits per heavy atom. The van der Waals surface area contributed by atoms with Gasteiger partial charge < -0.3 is 5.32 Å². The third-order valence-corrected chi connectivity index (χ3v) is 8.78. The van der Waals surface area contributed by atoms with Gasteiger partial charge in [-0.05, 0) is 53.9 Å². The van der Waals surface area contributed by atoms with Gasteiger partial charge >= 0.3 is 6.18 Å². The van der Waals surface area contributed by atoms with E-state index in [0.29, 0.717) is 5.00 Å². The summed E-state index contributed by atoms with van der Waals surface area (Å²) in [4.78, 5) is 21.6. The van der Waals surface area contributed by atoms with Crippen molar-refractivity contribution in [3.05, 3.63) is 106 Å². The van der Waals surface area contributed by atoms with Crippen molar-refractivity contribution in [1.29, 1.82) is 0 Å². The number of amides is 1. The highest BCUT2D eigenvalue weighted by atomic mass is 35.5.